The van der Waals surface area contributed by atoms with Crippen LogP contribution < -0.4 is 10.6 Å². The summed E-state index contributed by atoms with van der Waals surface area (Å²) < 4.78 is 21.1. The number of nitrogens with one attached hydrogen (secondary N) is 2. The van der Waals surface area contributed by atoms with Gasteiger partial charge >= 0.3 is 8.80 Å². The van der Waals surface area contributed by atoms with Crippen LogP contribution in [0, 0.1) is 0 Å². The maximum atomic E-state index is 5.37. The summed E-state index contributed by atoms with van der Waals surface area (Å²) in [5, 5.41) is 6.81. The molecule has 0 aromatic heterocycles. The molecule has 0 aliphatic rings. The molecule has 0 bridgehead atoms. The molecule has 0 aromatic rings. The molecule has 6 nitrogen and oxygen atoms in total. The lowest BCUT2D eigenvalue weighted by molar-refractivity contribution is 0.123. The minimum absolute atomic E-state index is 0.634. The average molecular weight is 323 g/mol. The summed E-state index contributed by atoms with van der Waals surface area (Å²) >= 11 is 0. The highest BCUT2D eigenvalue weighted by molar-refractivity contribution is 6.60. The van der Waals surface area contributed by atoms with E-state index in [1.807, 2.05) is 0 Å². The van der Waals surface area contributed by atoms with Crippen LogP contribution in [0.5, 0.6) is 0 Å². The zero-order valence-electron chi connectivity index (χ0n) is 13.3. The van der Waals surface area contributed by atoms with Gasteiger partial charge in [-0.1, -0.05) is 0 Å². The van der Waals surface area contributed by atoms with Crippen molar-refractivity contribution in [3.63, 3.8) is 0 Å². The highest BCUT2D eigenvalue weighted by atomic mass is 28.4. The van der Waals surface area contributed by atoms with Gasteiger partial charge in [-0.2, -0.15) is 0 Å². The molecule has 0 aliphatic carbocycles. The molecule has 0 saturated heterocycles. The van der Waals surface area contributed by atoms with E-state index in [-0.39, 0.29) is 0 Å². The third-order valence-electron chi connectivity index (χ3n) is 3.02. The van der Waals surface area contributed by atoms with Gasteiger partial charge in [0.1, 0.15) is 0 Å². The summed E-state index contributed by atoms with van der Waals surface area (Å²) in [5.41, 5.74) is 0. The summed E-state index contributed by atoms with van der Waals surface area (Å²) in [6.45, 7) is 3.99. The first-order valence-electron chi connectivity index (χ1n) is 7.07. The normalized spacial score (nSPS) is 12.0. The minimum atomic E-state index is -2.38. The lowest BCUT2D eigenvalue weighted by Gasteiger charge is -2.24. The Morgan fingerprint density at radius 2 is 1.35 bits per heavy atom. The van der Waals surface area contributed by atoms with Crippen LogP contribution in [0.2, 0.25) is 12.1 Å². The zero-order valence-corrected chi connectivity index (χ0v) is 15.3. The van der Waals surface area contributed by atoms with Crippen LogP contribution in [0.15, 0.2) is 0 Å². The molecule has 2 N–H and O–H groups in total. The fraction of sp³-hybridized carbons (Fsp3) is 1.00. The Hall–Kier alpha value is 0.194. The molecule has 0 atom stereocenters. The molecule has 0 aromatic carbocycles. The molecule has 0 fully saturated rings. The van der Waals surface area contributed by atoms with E-state index in [0.717, 1.165) is 44.7 Å². The van der Waals surface area contributed by atoms with Crippen molar-refractivity contribution >= 4 is 18.6 Å². The molecule has 0 aliphatic heterocycles. The van der Waals surface area contributed by atoms with E-state index < -0.39 is 8.80 Å². The van der Waals surface area contributed by atoms with Gasteiger partial charge in [-0.15, -0.1) is 0 Å². The van der Waals surface area contributed by atoms with Crippen LogP contribution in [0.4, 0.5) is 0 Å². The number of hydrogen-bond acceptors (Lipinski definition) is 6. The molecular formula is C12H30N2O4Si2. The highest BCUT2D eigenvalue weighted by Gasteiger charge is 2.36. The molecule has 20 heavy (non-hydrogen) atoms. The van der Waals surface area contributed by atoms with Gasteiger partial charge in [0.25, 0.3) is 0 Å². The third kappa shape index (κ3) is 10.00. The van der Waals surface area contributed by atoms with Crippen molar-refractivity contribution in [1.82, 2.24) is 10.6 Å². The Kier molecular flexibility index (Phi) is 14.3. The van der Waals surface area contributed by atoms with Crippen molar-refractivity contribution in [2.45, 2.75) is 24.9 Å². The van der Waals surface area contributed by atoms with E-state index in [0.29, 0.717) is 9.76 Å². The molecule has 0 amide bonds. The van der Waals surface area contributed by atoms with E-state index in [2.05, 4.69) is 10.6 Å². The second-order valence-electron chi connectivity index (χ2n) is 4.35. The van der Waals surface area contributed by atoms with Crippen LogP contribution in [-0.2, 0) is 17.7 Å². The van der Waals surface area contributed by atoms with Gasteiger partial charge in [-0.3, -0.25) is 0 Å². The molecule has 0 unspecified atom stereocenters. The summed E-state index contributed by atoms with van der Waals surface area (Å²) in [4.78, 5) is 0. The molecule has 0 spiro atoms. The van der Waals surface area contributed by atoms with Crippen LogP contribution in [0.3, 0.4) is 0 Å². The lowest BCUT2D eigenvalue weighted by Crippen LogP contribution is -2.43. The van der Waals surface area contributed by atoms with Crippen molar-refractivity contribution in [2.24, 2.45) is 0 Å². The van der Waals surface area contributed by atoms with E-state index in [9.17, 15) is 0 Å². The SMILES string of the molecule is CO[Si]CCCNCCNCCC[Si](OC)(OC)OC. The van der Waals surface area contributed by atoms with Crippen molar-refractivity contribution in [1.29, 1.82) is 0 Å². The molecule has 0 heterocycles. The Morgan fingerprint density at radius 1 is 0.800 bits per heavy atom. The summed E-state index contributed by atoms with van der Waals surface area (Å²) in [6.07, 6.45) is 2.17. The van der Waals surface area contributed by atoms with Crippen LogP contribution in [-0.4, -0.2) is 73.2 Å². The van der Waals surface area contributed by atoms with E-state index in [1.165, 1.54) is 6.42 Å². The molecule has 0 saturated carbocycles. The quantitative estimate of drug-likeness (QED) is 0.338. The first-order valence-corrected chi connectivity index (χ1v) is 10.1. The Labute approximate surface area is 127 Å². The van der Waals surface area contributed by atoms with Crippen molar-refractivity contribution in [2.75, 3.05) is 54.6 Å². The first kappa shape index (κ1) is 20.2. The van der Waals surface area contributed by atoms with Gasteiger partial charge in [0.2, 0.25) is 9.76 Å². The largest absolute Gasteiger partial charge is 0.500 e. The monoisotopic (exact) mass is 322 g/mol. The van der Waals surface area contributed by atoms with Crippen molar-refractivity contribution < 1.29 is 17.7 Å². The predicted molar refractivity (Wildman–Crippen MR) is 84.1 cm³/mol. The maximum absolute atomic E-state index is 5.37. The Morgan fingerprint density at radius 3 is 1.85 bits per heavy atom. The van der Waals surface area contributed by atoms with E-state index >= 15 is 0 Å². The summed E-state index contributed by atoms with van der Waals surface area (Å²) in [6, 6.07) is 1.99. The number of hydrogen-bond donors (Lipinski definition) is 2. The van der Waals surface area contributed by atoms with Crippen molar-refractivity contribution in [3.8, 4) is 0 Å². The van der Waals surface area contributed by atoms with Gasteiger partial charge in [-0.25, -0.2) is 0 Å². The van der Waals surface area contributed by atoms with E-state index in [4.69, 9.17) is 17.7 Å². The lowest BCUT2D eigenvalue weighted by atomic mass is 10.4. The molecule has 120 valence electrons. The Bertz CT molecular complexity index is 202. The smallest absolute Gasteiger partial charge is 0.421 e. The highest BCUT2D eigenvalue weighted by Crippen LogP contribution is 2.14. The standard InChI is InChI=1S/C12H30N2O4Si2/c1-15-19-11-5-7-13-9-10-14-8-6-12-20(16-2,17-3)18-4/h13-14H,5-12H2,1-4H3. The second kappa shape index (κ2) is 14.1. The molecule has 2 radical (unpaired) electrons. The predicted octanol–water partition coefficient (Wildman–Crippen LogP) is 0.508. The average Bonchev–Trinajstić information content (AvgIpc) is 2.49. The number of rotatable bonds is 15. The summed E-state index contributed by atoms with van der Waals surface area (Å²) in [5.74, 6) is 0. The fourth-order valence-corrected chi connectivity index (χ4v) is 4.05. The van der Waals surface area contributed by atoms with Gasteiger partial charge in [0, 0.05) is 47.6 Å². The van der Waals surface area contributed by atoms with Crippen LogP contribution in [0.25, 0.3) is 0 Å². The van der Waals surface area contributed by atoms with Gasteiger partial charge in [-0.05, 0) is 32.0 Å². The minimum Gasteiger partial charge on any atom is -0.421 e. The Balaban J connectivity index is 3.32. The maximum Gasteiger partial charge on any atom is 0.500 e. The van der Waals surface area contributed by atoms with Gasteiger partial charge in [0.05, 0.1) is 0 Å². The third-order valence-corrected chi connectivity index (χ3v) is 6.70. The van der Waals surface area contributed by atoms with Gasteiger partial charge < -0.3 is 28.3 Å². The van der Waals surface area contributed by atoms with E-state index in [1.54, 1.807) is 28.4 Å². The topological polar surface area (TPSA) is 61.0 Å². The molecular weight excluding hydrogens is 292 g/mol. The summed E-state index contributed by atoms with van der Waals surface area (Å²) in [7, 11) is 4.97. The van der Waals surface area contributed by atoms with Crippen molar-refractivity contribution in [3.05, 3.63) is 0 Å². The zero-order chi connectivity index (χ0) is 15.1. The first-order chi connectivity index (χ1) is 9.74. The second-order valence-corrected chi connectivity index (χ2v) is 8.64. The van der Waals surface area contributed by atoms with Crippen LogP contribution in [0.1, 0.15) is 12.8 Å². The molecule has 8 heteroatoms. The fourth-order valence-electron chi connectivity index (χ4n) is 1.80. The van der Waals surface area contributed by atoms with Gasteiger partial charge in [0.15, 0.2) is 0 Å². The van der Waals surface area contributed by atoms with Crippen LogP contribution >= 0.6 is 0 Å². The molecule has 0 rings (SSSR count).